The largest absolute Gasteiger partial charge is 0.398 e. The van der Waals surface area contributed by atoms with Crippen molar-refractivity contribution in [3.63, 3.8) is 0 Å². The fraction of sp³-hybridized carbons (Fsp3) is 0.143. The van der Waals surface area contributed by atoms with Crippen LogP contribution >= 0.6 is 0 Å². The van der Waals surface area contributed by atoms with Crippen LogP contribution in [0.1, 0.15) is 16.7 Å². The Morgan fingerprint density at radius 3 is 2.61 bits per heavy atom. The highest BCUT2D eigenvalue weighted by molar-refractivity contribution is 5.80. The van der Waals surface area contributed by atoms with E-state index in [2.05, 4.69) is 4.98 Å². The molecular formula is C14H12FN3. The summed E-state index contributed by atoms with van der Waals surface area (Å²) in [7, 11) is 0. The zero-order valence-electron chi connectivity index (χ0n) is 10.2. The summed E-state index contributed by atoms with van der Waals surface area (Å²) in [6, 6.07) is 6.96. The molecule has 1 aromatic carbocycles. The van der Waals surface area contributed by atoms with Gasteiger partial charge in [0.2, 0.25) is 5.95 Å². The third kappa shape index (κ3) is 2.03. The molecule has 0 unspecified atom stereocenters. The summed E-state index contributed by atoms with van der Waals surface area (Å²) in [6.07, 6.45) is 1.47. The fourth-order valence-corrected chi connectivity index (χ4v) is 1.97. The molecule has 18 heavy (non-hydrogen) atoms. The Morgan fingerprint density at radius 1 is 1.28 bits per heavy atom. The molecule has 0 atom stereocenters. The van der Waals surface area contributed by atoms with E-state index in [1.807, 2.05) is 13.0 Å². The molecule has 0 aliphatic rings. The van der Waals surface area contributed by atoms with Gasteiger partial charge in [0.15, 0.2) is 0 Å². The van der Waals surface area contributed by atoms with Crippen LogP contribution in [-0.4, -0.2) is 4.98 Å². The number of benzene rings is 1. The number of aryl methyl sites for hydroxylation is 2. The van der Waals surface area contributed by atoms with Crippen molar-refractivity contribution >= 4 is 5.69 Å². The molecule has 3 nitrogen and oxygen atoms in total. The van der Waals surface area contributed by atoms with Gasteiger partial charge < -0.3 is 5.73 Å². The molecule has 90 valence electrons. The van der Waals surface area contributed by atoms with Crippen LogP contribution in [-0.2, 0) is 0 Å². The van der Waals surface area contributed by atoms with Crippen LogP contribution in [0.3, 0.4) is 0 Å². The highest BCUT2D eigenvalue weighted by Crippen LogP contribution is 2.32. The van der Waals surface area contributed by atoms with Gasteiger partial charge in [0.25, 0.3) is 0 Å². The van der Waals surface area contributed by atoms with Crippen molar-refractivity contribution in [2.45, 2.75) is 13.8 Å². The second-order valence-electron chi connectivity index (χ2n) is 4.22. The molecule has 1 aromatic heterocycles. The maximum absolute atomic E-state index is 13.8. The zero-order chi connectivity index (χ0) is 13.3. The van der Waals surface area contributed by atoms with E-state index in [0.29, 0.717) is 22.4 Å². The van der Waals surface area contributed by atoms with Gasteiger partial charge in [0.05, 0.1) is 11.6 Å². The van der Waals surface area contributed by atoms with E-state index in [0.717, 1.165) is 11.1 Å². The first kappa shape index (κ1) is 12.1. The summed E-state index contributed by atoms with van der Waals surface area (Å²) in [4.78, 5) is 3.69. The molecule has 0 aliphatic heterocycles. The van der Waals surface area contributed by atoms with E-state index in [-0.39, 0.29) is 0 Å². The molecule has 2 rings (SSSR count). The number of halogens is 1. The van der Waals surface area contributed by atoms with E-state index in [1.54, 1.807) is 25.1 Å². The van der Waals surface area contributed by atoms with Crippen molar-refractivity contribution < 1.29 is 4.39 Å². The van der Waals surface area contributed by atoms with Crippen molar-refractivity contribution in [3.8, 4) is 17.2 Å². The normalized spacial score (nSPS) is 10.1. The van der Waals surface area contributed by atoms with Crippen molar-refractivity contribution in [2.75, 3.05) is 5.73 Å². The smallest absolute Gasteiger partial charge is 0.220 e. The first-order chi connectivity index (χ1) is 8.52. The van der Waals surface area contributed by atoms with Crippen molar-refractivity contribution in [1.29, 1.82) is 5.26 Å². The van der Waals surface area contributed by atoms with E-state index >= 15 is 0 Å². The van der Waals surface area contributed by atoms with Crippen molar-refractivity contribution in [2.24, 2.45) is 0 Å². The molecule has 0 amide bonds. The van der Waals surface area contributed by atoms with Crippen LogP contribution < -0.4 is 5.73 Å². The minimum absolute atomic E-state index is 0.370. The molecule has 0 fully saturated rings. The molecule has 0 radical (unpaired) electrons. The monoisotopic (exact) mass is 241 g/mol. The van der Waals surface area contributed by atoms with Gasteiger partial charge in [-0.3, -0.25) is 0 Å². The summed E-state index contributed by atoms with van der Waals surface area (Å²) < 4.78 is 13.8. The Bertz CT molecular complexity index is 634. The lowest BCUT2D eigenvalue weighted by atomic mass is 9.97. The summed E-state index contributed by atoms with van der Waals surface area (Å²) in [5.41, 5.74) is 9.35. The zero-order valence-corrected chi connectivity index (χ0v) is 10.2. The number of hydrogen-bond acceptors (Lipinski definition) is 3. The Labute approximate surface area is 105 Å². The second-order valence-corrected chi connectivity index (χ2v) is 4.22. The van der Waals surface area contributed by atoms with Gasteiger partial charge in [-0.2, -0.15) is 9.65 Å². The van der Waals surface area contributed by atoms with Crippen LogP contribution in [0.2, 0.25) is 0 Å². The van der Waals surface area contributed by atoms with Crippen LogP contribution in [0.15, 0.2) is 24.4 Å². The highest BCUT2D eigenvalue weighted by atomic mass is 19.1. The number of nitriles is 1. The first-order valence-electron chi connectivity index (χ1n) is 5.45. The number of nitrogens with zero attached hydrogens (tertiary/aromatic N) is 2. The minimum Gasteiger partial charge on any atom is -0.398 e. The highest BCUT2D eigenvalue weighted by Gasteiger charge is 2.13. The van der Waals surface area contributed by atoms with Gasteiger partial charge in [-0.1, -0.05) is 0 Å². The quantitative estimate of drug-likeness (QED) is 0.616. The summed E-state index contributed by atoms with van der Waals surface area (Å²) in [5, 5.41) is 8.85. The number of rotatable bonds is 1. The van der Waals surface area contributed by atoms with E-state index in [4.69, 9.17) is 11.0 Å². The van der Waals surface area contributed by atoms with Crippen LogP contribution in [0.4, 0.5) is 10.1 Å². The van der Waals surface area contributed by atoms with Crippen LogP contribution in [0.5, 0.6) is 0 Å². The Morgan fingerprint density at radius 2 is 2.00 bits per heavy atom. The summed E-state index contributed by atoms with van der Waals surface area (Å²) in [5.74, 6) is -0.555. The van der Waals surface area contributed by atoms with Gasteiger partial charge in [-0.05, 0) is 43.2 Å². The predicted molar refractivity (Wildman–Crippen MR) is 68.2 cm³/mol. The minimum atomic E-state index is -0.555. The summed E-state index contributed by atoms with van der Waals surface area (Å²) in [6.45, 7) is 3.64. The molecule has 1 heterocycles. The number of hydrogen-bond donors (Lipinski definition) is 1. The molecule has 0 bridgehead atoms. The second kappa shape index (κ2) is 4.46. The standard InChI is InChI=1S/C14H12FN3/c1-8-3-11(14(15)18-7-8)13-9(2)4-10(6-16)5-12(13)17/h3-5,7H,17H2,1-2H3. The molecule has 0 aliphatic carbocycles. The van der Waals surface area contributed by atoms with Gasteiger partial charge in [-0.25, -0.2) is 4.98 Å². The molecular weight excluding hydrogens is 229 g/mol. The topological polar surface area (TPSA) is 62.7 Å². The Balaban J connectivity index is 2.72. The summed E-state index contributed by atoms with van der Waals surface area (Å²) >= 11 is 0. The van der Waals surface area contributed by atoms with Crippen LogP contribution in [0.25, 0.3) is 11.1 Å². The third-order valence-electron chi connectivity index (χ3n) is 2.74. The van der Waals surface area contributed by atoms with E-state index in [1.165, 1.54) is 6.20 Å². The number of anilines is 1. The Hall–Kier alpha value is -2.41. The Kier molecular flexibility index (Phi) is 2.99. The van der Waals surface area contributed by atoms with Gasteiger partial charge in [-0.15, -0.1) is 0 Å². The average molecular weight is 241 g/mol. The average Bonchev–Trinajstić information content (AvgIpc) is 2.32. The first-order valence-corrected chi connectivity index (χ1v) is 5.45. The van der Waals surface area contributed by atoms with Crippen LogP contribution in [0, 0.1) is 31.1 Å². The van der Waals surface area contributed by atoms with E-state index in [9.17, 15) is 4.39 Å². The van der Waals surface area contributed by atoms with Gasteiger partial charge in [0.1, 0.15) is 0 Å². The van der Waals surface area contributed by atoms with Crippen molar-refractivity contribution in [1.82, 2.24) is 4.98 Å². The molecule has 4 heteroatoms. The lowest BCUT2D eigenvalue weighted by Gasteiger charge is -2.11. The number of pyridine rings is 1. The predicted octanol–water partition coefficient (Wildman–Crippen LogP) is 2.96. The fourth-order valence-electron chi connectivity index (χ4n) is 1.97. The van der Waals surface area contributed by atoms with Gasteiger partial charge >= 0.3 is 0 Å². The lowest BCUT2D eigenvalue weighted by Crippen LogP contribution is -1.98. The molecule has 0 spiro atoms. The number of nitrogen functional groups attached to an aromatic ring is 1. The maximum atomic E-state index is 13.8. The van der Waals surface area contributed by atoms with Crippen molar-refractivity contribution in [3.05, 3.63) is 47.0 Å². The van der Waals surface area contributed by atoms with Gasteiger partial charge in [0, 0.05) is 23.0 Å². The number of nitrogens with two attached hydrogens (primary N) is 1. The molecule has 2 aromatic rings. The third-order valence-corrected chi connectivity index (χ3v) is 2.74. The lowest BCUT2D eigenvalue weighted by molar-refractivity contribution is 0.586. The maximum Gasteiger partial charge on any atom is 0.220 e. The SMILES string of the molecule is Cc1cnc(F)c(-c2c(C)cc(C#N)cc2N)c1. The van der Waals surface area contributed by atoms with E-state index < -0.39 is 5.95 Å². The number of aromatic nitrogens is 1. The molecule has 0 saturated carbocycles. The molecule has 2 N–H and O–H groups in total. The molecule has 0 saturated heterocycles.